The van der Waals surface area contributed by atoms with Gasteiger partial charge in [0.1, 0.15) is 0 Å². The zero-order chi connectivity index (χ0) is 35.7. The molecule has 47 heavy (non-hydrogen) atoms. The van der Waals surface area contributed by atoms with Gasteiger partial charge in [-0.25, -0.2) is 0 Å². The lowest BCUT2D eigenvalue weighted by molar-refractivity contribution is 0.340. The van der Waals surface area contributed by atoms with E-state index < -0.39 is 0 Å². The van der Waals surface area contributed by atoms with Gasteiger partial charge < -0.3 is 5.41 Å². The van der Waals surface area contributed by atoms with E-state index in [0.717, 1.165) is 24.2 Å². The molecule has 2 aromatic rings. The molecular weight excluding hydrogens is 567 g/mol. The van der Waals surface area contributed by atoms with Crippen molar-refractivity contribution in [3.8, 4) is 12.3 Å². The topological polar surface area (TPSA) is 23.9 Å². The molecule has 0 aromatic heterocycles. The molecule has 2 aromatic carbocycles. The zero-order valence-electron chi connectivity index (χ0n) is 32.3. The van der Waals surface area contributed by atoms with Crippen LogP contribution in [0.4, 0.5) is 0 Å². The normalized spacial score (nSPS) is 20.5. The summed E-state index contributed by atoms with van der Waals surface area (Å²) >= 11 is 0. The summed E-state index contributed by atoms with van der Waals surface area (Å²) in [5.74, 6) is 4.97. The summed E-state index contributed by atoms with van der Waals surface area (Å²) in [5, 5.41) is 7.54. The van der Waals surface area contributed by atoms with Crippen molar-refractivity contribution in [2.75, 3.05) is 0 Å². The molecule has 3 aliphatic carbocycles. The molecule has 3 aliphatic rings. The monoisotopic (exact) mass is 636 g/mol. The minimum Gasteiger partial charge on any atom is -0.313 e. The molecule has 0 heterocycles. The van der Waals surface area contributed by atoms with Gasteiger partial charge in [0.2, 0.25) is 0 Å². The number of hydrogen-bond acceptors (Lipinski definition) is 1. The highest BCUT2D eigenvalue weighted by Gasteiger charge is 2.42. The molecule has 258 valence electrons. The quantitative estimate of drug-likeness (QED) is 0.153. The number of aryl methyl sites for hydroxylation is 3. The van der Waals surface area contributed by atoms with E-state index in [1.54, 1.807) is 13.1 Å². The first-order chi connectivity index (χ1) is 22.6. The van der Waals surface area contributed by atoms with Crippen molar-refractivity contribution in [3.63, 3.8) is 0 Å². The molecule has 1 N–H and O–H groups in total. The third-order valence-electron chi connectivity index (χ3n) is 10.1. The van der Waals surface area contributed by atoms with Gasteiger partial charge in [-0.3, -0.25) is 0 Å². The summed E-state index contributed by atoms with van der Waals surface area (Å²) in [5.41, 5.74) is 13.7. The minimum absolute atomic E-state index is 0.528. The number of hydrogen-bond donors (Lipinski definition) is 1. The van der Waals surface area contributed by atoms with Gasteiger partial charge in [-0.05, 0) is 154 Å². The smallest absolute Gasteiger partial charge is 0.00297 e. The van der Waals surface area contributed by atoms with E-state index in [1.807, 2.05) is 13.8 Å². The molecule has 0 aliphatic heterocycles. The lowest BCUT2D eigenvalue weighted by Gasteiger charge is -2.32. The molecule has 2 saturated carbocycles. The predicted octanol–water partition coefficient (Wildman–Crippen LogP) is 14.1. The van der Waals surface area contributed by atoms with E-state index in [1.165, 1.54) is 95.0 Å². The van der Waals surface area contributed by atoms with Crippen LogP contribution in [0.25, 0.3) is 11.1 Å². The van der Waals surface area contributed by atoms with Gasteiger partial charge in [0, 0.05) is 0 Å². The third-order valence-corrected chi connectivity index (χ3v) is 10.1. The Kier molecular flexibility index (Phi) is 18.7. The average Bonchev–Trinajstić information content (AvgIpc) is 3.99. The van der Waals surface area contributed by atoms with Gasteiger partial charge in [0.25, 0.3) is 0 Å². The standard InChI is InChI=1S/C28H33N.C11H22.C3H4.C2H6.C2H4/c1-6-23(24-16-22(24)11-12-29)28-25(21-9-7-17(2)8-10-21)15-20(5)27-19(4)13-18(3)14-26(27)28;1-4-6-11(7-8-11)9-10(3)5-2;1-3-2;2*1-2/h6-10,12-14,20,22,24,29H,11,15-16H2,1-5H3;10H,4-9H2,1-3H3;1H,2H3;1-2H3;1-2H2/b23-6+,29-12?;;;;. The number of fused-ring (bicyclic) bond motifs is 1. The van der Waals surface area contributed by atoms with Gasteiger partial charge in [0.05, 0.1) is 0 Å². The van der Waals surface area contributed by atoms with Crippen LogP contribution < -0.4 is 0 Å². The van der Waals surface area contributed by atoms with E-state index in [9.17, 15) is 0 Å². The Labute approximate surface area is 292 Å². The Morgan fingerprint density at radius 3 is 2.15 bits per heavy atom. The second-order valence-electron chi connectivity index (χ2n) is 13.9. The first kappa shape index (κ1) is 41.9. The summed E-state index contributed by atoms with van der Waals surface area (Å²) in [7, 11) is 0. The number of allylic oxidation sites excluding steroid dienone is 4. The maximum Gasteiger partial charge on any atom is -0.00297 e. The van der Waals surface area contributed by atoms with Crippen LogP contribution in [0.5, 0.6) is 0 Å². The highest BCUT2D eigenvalue weighted by molar-refractivity contribution is 6.01. The van der Waals surface area contributed by atoms with Gasteiger partial charge in [-0.1, -0.05) is 108 Å². The molecule has 0 spiro atoms. The van der Waals surface area contributed by atoms with Crippen molar-refractivity contribution in [1.29, 1.82) is 5.41 Å². The minimum atomic E-state index is 0.528. The van der Waals surface area contributed by atoms with Crippen molar-refractivity contribution in [2.45, 2.75) is 140 Å². The van der Waals surface area contributed by atoms with Crippen molar-refractivity contribution in [1.82, 2.24) is 0 Å². The first-order valence-electron chi connectivity index (χ1n) is 18.5. The van der Waals surface area contributed by atoms with Crippen molar-refractivity contribution in [2.24, 2.45) is 23.2 Å². The predicted molar refractivity (Wildman–Crippen MR) is 213 cm³/mol. The van der Waals surface area contributed by atoms with Crippen molar-refractivity contribution < 1.29 is 0 Å². The maximum atomic E-state index is 7.54. The lowest BCUT2D eigenvalue weighted by Crippen LogP contribution is -2.13. The molecule has 5 rings (SSSR count). The second kappa shape index (κ2) is 21.0. The fourth-order valence-corrected chi connectivity index (χ4v) is 7.59. The SMILES string of the molecule is C#CC.C/C=C(/C1=C(c2ccc(C)cc2)CC(C)c2c(C)cc(C)cc21)C1CC1CC=N.C=C.CC.CCCC1(CC(C)CC)CC1. The van der Waals surface area contributed by atoms with E-state index in [0.29, 0.717) is 17.8 Å². The van der Waals surface area contributed by atoms with Crippen LogP contribution in [-0.4, -0.2) is 6.21 Å². The van der Waals surface area contributed by atoms with Crippen molar-refractivity contribution in [3.05, 3.63) is 94.6 Å². The second-order valence-corrected chi connectivity index (χ2v) is 13.9. The van der Waals surface area contributed by atoms with Crippen LogP contribution in [0.3, 0.4) is 0 Å². The van der Waals surface area contributed by atoms with Crippen LogP contribution >= 0.6 is 0 Å². The Morgan fingerprint density at radius 1 is 1.06 bits per heavy atom. The molecule has 4 unspecified atom stereocenters. The van der Waals surface area contributed by atoms with Gasteiger partial charge in [-0.15, -0.1) is 25.5 Å². The fraction of sp³-hybridized carbons (Fsp3) is 0.543. The molecule has 0 radical (unpaired) electrons. The first-order valence-corrected chi connectivity index (χ1v) is 18.5. The van der Waals surface area contributed by atoms with E-state index in [2.05, 4.69) is 123 Å². The van der Waals surface area contributed by atoms with Crippen LogP contribution in [-0.2, 0) is 0 Å². The fourth-order valence-electron chi connectivity index (χ4n) is 7.59. The number of terminal acetylenes is 1. The average molecular weight is 636 g/mol. The molecular formula is C46H69N. The van der Waals surface area contributed by atoms with Gasteiger partial charge in [0.15, 0.2) is 0 Å². The Morgan fingerprint density at radius 2 is 1.66 bits per heavy atom. The Bertz CT molecular complexity index is 1340. The third kappa shape index (κ3) is 11.8. The van der Waals surface area contributed by atoms with Crippen LogP contribution in [0.1, 0.15) is 152 Å². The van der Waals surface area contributed by atoms with E-state index in [-0.39, 0.29) is 0 Å². The van der Waals surface area contributed by atoms with E-state index in [4.69, 9.17) is 5.41 Å². The zero-order valence-corrected chi connectivity index (χ0v) is 32.3. The molecule has 0 saturated heterocycles. The molecule has 0 amide bonds. The molecule has 1 nitrogen and oxygen atoms in total. The maximum absolute atomic E-state index is 7.54. The Balaban J connectivity index is 0.000000511. The molecule has 1 heteroatoms. The largest absolute Gasteiger partial charge is 0.313 e. The van der Waals surface area contributed by atoms with E-state index >= 15 is 0 Å². The number of rotatable bonds is 10. The van der Waals surface area contributed by atoms with Crippen LogP contribution in [0.2, 0.25) is 0 Å². The molecule has 4 atom stereocenters. The molecule has 0 bridgehead atoms. The van der Waals surface area contributed by atoms with Gasteiger partial charge in [-0.2, -0.15) is 0 Å². The van der Waals surface area contributed by atoms with Crippen LogP contribution in [0.15, 0.2) is 61.2 Å². The van der Waals surface area contributed by atoms with Crippen molar-refractivity contribution >= 4 is 17.4 Å². The lowest BCUT2D eigenvalue weighted by atomic mass is 9.72. The number of nitrogens with one attached hydrogen (secondary N) is 1. The summed E-state index contributed by atoms with van der Waals surface area (Å²) in [6.45, 7) is 29.9. The highest BCUT2D eigenvalue weighted by Crippen LogP contribution is 2.56. The summed E-state index contributed by atoms with van der Waals surface area (Å²) in [4.78, 5) is 0. The summed E-state index contributed by atoms with van der Waals surface area (Å²) < 4.78 is 0. The Hall–Kier alpha value is -3.11. The van der Waals surface area contributed by atoms with Gasteiger partial charge >= 0.3 is 0 Å². The number of benzene rings is 2. The highest BCUT2D eigenvalue weighted by atomic mass is 14.5. The molecule has 2 fully saturated rings. The summed E-state index contributed by atoms with van der Waals surface area (Å²) in [6, 6.07) is 13.9. The summed E-state index contributed by atoms with van der Waals surface area (Å²) in [6.07, 6.45) is 20.5. The van der Waals surface area contributed by atoms with Crippen LogP contribution in [0, 0.1) is 61.7 Å².